The second-order valence-corrected chi connectivity index (χ2v) is 8.58. The third kappa shape index (κ3) is 3.27. The monoisotopic (exact) mass is 366 g/mol. The Labute approximate surface area is 148 Å². The summed E-state index contributed by atoms with van der Waals surface area (Å²) in [5.41, 5.74) is -3.40. The highest BCUT2D eigenvalue weighted by Gasteiger charge is 2.59. The first-order valence-electron chi connectivity index (χ1n) is 7.10. The van der Waals surface area contributed by atoms with Crippen molar-refractivity contribution in [1.29, 1.82) is 10.5 Å². The number of allylic oxidation sites excluding steroid dienone is 1. The fourth-order valence-corrected chi connectivity index (χ4v) is 4.71. The predicted octanol–water partition coefficient (Wildman–Crippen LogP) is 5.11. The van der Waals surface area contributed by atoms with Crippen molar-refractivity contribution in [3.05, 3.63) is 47.5 Å². The van der Waals surface area contributed by atoms with Crippen molar-refractivity contribution >= 4 is 19.2 Å². The molecule has 1 aromatic rings. The van der Waals surface area contributed by atoms with Crippen molar-refractivity contribution in [3.8, 4) is 12.1 Å². The Morgan fingerprint density at radius 2 is 1.67 bits per heavy atom. The zero-order valence-corrected chi connectivity index (χ0v) is 15.8. The molecule has 0 aliphatic carbocycles. The fourth-order valence-electron chi connectivity index (χ4n) is 2.55. The van der Waals surface area contributed by atoms with E-state index >= 15 is 0 Å². The van der Waals surface area contributed by atoms with Gasteiger partial charge in [-0.25, -0.2) is 0 Å². The lowest BCUT2D eigenvalue weighted by Gasteiger charge is -2.41. The average molecular weight is 367 g/mol. The molecule has 0 aliphatic heterocycles. The van der Waals surface area contributed by atoms with E-state index in [0.717, 1.165) is 0 Å². The summed E-state index contributed by atoms with van der Waals surface area (Å²) in [5.74, 6) is 0. The highest BCUT2D eigenvalue weighted by Crippen LogP contribution is 2.69. The summed E-state index contributed by atoms with van der Waals surface area (Å²) in [6, 6.07) is 10.5. The standard InChI is InChI=1S/C17H20ClN2O3P/c1-6-16(2,3)17(11-19,12-20)15(24(21,22-4)23-5)13-7-9-14(18)10-8-13/h6-10,15H,1H2,2-5H3. The minimum absolute atomic E-state index is 0.462. The van der Waals surface area contributed by atoms with Crippen LogP contribution in [-0.4, -0.2) is 14.2 Å². The summed E-state index contributed by atoms with van der Waals surface area (Å²) < 4.78 is 23.5. The maximum absolute atomic E-state index is 13.2. The zero-order chi connectivity index (χ0) is 18.6. The van der Waals surface area contributed by atoms with Gasteiger partial charge >= 0.3 is 7.60 Å². The molecule has 0 aromatic heterocycles. The normalized spacial score (nSPS) is 13.6. The second kappa shape index (κ2) is 7.51. The van der Waals surface area contributed by atoms with Gasteiger partial charge in [-0.1, -0.05) is 43.7 Å². The molecule has 5 nitrogen and oxygen atoms in total. The summed E-state index contributed by atoms with van der Waals surface area (Å²) in [4.78, 5) is 0. The molecule has 0 fully saturated rings. The van der Waals surface area contributed by atoms with Gasteiger partial charge in [-0.3, -0.25) is 4.57 Å². The Kier molecular flexibility index (Phi) is 6.39. The van der Waals surface area contributed by atoms with Gasteiger partial charge in [0.15, 0.2) is 5.41 Å². The Hall–Kier alpha value is -1.62. The number of hydrogen-bond donors (Lipinski definition) is 0. The highest BCUT2D eigenvalue weighted by atomic mass is 35.5. The summed E-state index contributed by atoms with van der Waals surface area (Å²) in [7, 11) is -1.37. The Morgan fingerprint density at radius 3 is 2.00 bits per heavy atom. The van der Waals surface area contributed by atoms with Crippen molar-refractivity contribution in [1.82, 2.24) is 0 Å². The predicted molar refractivity (Wildman–Crippen MR) is 93.5 cm³/mol. The van der Waals surface area contributed by atoms with Gasteiger partial charge in [0.1, 0.15) is 5.66 Å². The van der Waals surface area contributed by atoms with E-state index < -0.39 is 24.1 Å². The number of rotatable bonds is 7. The van der Waals surface area contributed by atoms with Gasteiger partial charge in [-0.2, -0.15) is 10.5 Å². The van der Waals surface area contributed by atoms with Crippen LogP contribution in [0.15, 0.2) is 36.9 Å². The number of nitrogens with zero attached hydrogens (tertiary/aromatic N) is 2. The minimum atomic E-state index is -3.83. The summed E-state index contributed by atoms with van der Waals surface area (Å²) >= 11 is 5.92. The molecular weight excluding hydrogens is 347 g/mol. The molecule has 0 spiro atoms. The molecule has 7 heteroatoms. The fraction of sp³-hybridized carbons (Fsp3) is 0.412. The molecule has 24 heavy (non-hydrogen) atoms. The van der Waals surface area contributed by atoms with E-state index in [-0.39, 0.29) is 0 Å². The SMILES string of the molecule is C=CC(C)(C)C(C#N)(C#N)C(c1ccc(Cl)cc1)P(=O)(OC)OC. The zero-order valence-electron chi connectivity index (χ0n) is 14.1. The topological polar surface area (TPSA) is 83.1 Å². The molecule has 0 saturated heterocycles. The molecule has 0 amide bonds. The van der Waals surface area contributed by atoms with E-state index in [9.17, 15) is 15.1 Å². The molecule has 1 atom stereocenters. The van der Waals surface area contributed by atoms with Crippen molar-refractivity contribution < 1.29 is 13.6 Å². The van der Waals surface area contributed by atoms with Crippen LogP contribution in [-0.2, 0) is 13.6 Å². The molecule has 1 rings (SSSR count). The highest BCUT2D eigenvalue weighted by molar-refractivity contribution is 7.54. The van der Waals surface area contributed by atoms with E-state index in [0.29, 0.717) is 10.6 Å². The van der Waals surface area contributed by atoms with E-state index in [2.05, 4.69) is 6.58 Å². The van der Waals surface area contributed by atoms with Gasteiger partial charge in [0.2, 0.25) is 0 Å². The Balaban J connectivity index is 3.85. The maximum atomic E-state index is 13.2. The lowest BCUT2D eigenvalue weighted by atomic mass is 9.64. The van der Waals surface area contributed by atoms with E-state index in [4.69, 9.17) is 20.6 Å². The number of hydrogen-bond acceptors (Lipinski definition) is 5. The van der Waals surface area contributed by atoms with Crippen molar-refractivity contribution in [3.63, 3.8) is 0 Å². The van der Waals surface area contributed by atoms with Crippen LogP contribution in [0.2, 0.25) is 5.02 Å². The third-order valence-electron chi connectivity index (χ3n) is 4.30. The molecule has 1 unspecified atom stereocenters. The van der Waals surface area contributed by atoms with Crippen LogP contribution in [0.25, 0.3) is 0 Å². The molecule has 0 N–H and O–H groups in total. The van der Waals surface area contributed by atoms with Crippen LogP contribution in [0.5, 0.6) is 0 Å². The van der Waals surface area contributed by atoms with Crippen molar-refractivity contribution in [2.24, 2.45) is 10.8 Å². The van der Waals surface area contributed by atoms with Gasteiger partial charge in [0.25, 0.3) is 0 Å². The largest absolute Gasteiger partial charge is 0.340 e. The lowest BCUT2D eigenvalue weighted by Crippen LogP contribution is -2.40. The molecular formula is C17H20ClN2O3P. The third-order valence-corrected chi connectivity index (χ3v) is 6.89. The molecule has 0 saturated carbocycles. The van der Waals surface area contributed by atoms with E-state index in [1.54, 1.807) is 38.1 Å². The molecule has 0 bridgehead atoms. The summed E-state index contributed by atoms with van der Waals surface area (Å²) in [6.07, 6.45) is 1.50. The smallest absolute Gasteiger partial charge is 0.311 e. The van der Waals surface area contributed by atoms with Crippen LogP contribution in [0.4, 0.5) is 0 Å². The van der Waals surface area contributed by atoms with Gasteiger partial charge in [0, 0.05) is 24.7 Å². The molecule has 0 radical (unpaired) electrons. The van der Waals surface area contributed by atoms with E-state index in [1.807, 2.05) is 12.1 Å². The molecule has 0 heterocycles. The molecule has 0 aliphatic rings. The van der Waals surface area contributed by atoms with Crippen LogP contribution in [0.1, 0.15) is 25.1 Å². The number of nitriles is 2. The second-order valence-electron chi connectivity index (χ2n) is 5.82. The first-order chi connectivity index (χ1) is 11.2. The van der Waals surface area contributed by atoms with Gasteiger partial charge in [-0.15, -0.1) is 6.58 Å². The van der Waals surface area contributed by atoms with Gasteiger partial charge in [0.05, 0.1) is 12.1 Å². The molecule has 128 valence electrons. The quantitative estimate of drug-likeness (QED) is 0.494. The van der Waals surface area contributed by atoms with Gasteiger partial charge in [-0.05, 0) is 17.7 Å². The molecule has 1 aromatic carbocycles. The summed E-state index contributed by atoms with van der Waals surface area (Å²) in [5, 5.41) is 20.3. The van der Waals surface area contributed by atoms with Crippen LogP contribution < -0.4 is 0 Å². The van der Waals surface area contributed by atoms with Crippen LogP contribution >= 0.6 is 19.2 Å². The lowest BCUT2D eigenvalue weighted by molar-refractivity contribution is 0.201. The Morgan fingerprint density at radius 1 is 1.21 bits per heavy atom. The minimum Gasteiger partial charge on any atom is -0.311 e. The first kappa shape index (κ1) is 20.4. The average Bonchev–Trinajstić information content (AvgIpc) is 2.60. The summed E-state index contributed by atoms with van der Waals surface area (Å²) in [6.45, 7) is 7.09. The van der Waals surface area contributed by atoms with Gasteiger partial charge < -0.3 is 9.05 Å². The number of benzene rings is 1. The Bertz CT molecular complexity index is 710. The van der Waals surface area contributed by atoms with Crippen LogP contribution in [0.3, 0.4) is 0 Å². The first-order valence-corrected chi connectivity index (χ1v) is 9.09. The van der Waals surface area contributed by atoms with Crippen LogP contribution in [0, 0.1) is 33.5 Å². The van der Waals surface area contributed by atoms with Crippen molar-refractivity contribution in [2.45, 2.75) is 19.5 Å². The van der Waals surface area contributed by atoms with Crippen molar-refractivity contribution in [2.75, 3.05) is 14.2 Å². The maximum Gasteiger partial charge on any atom is 0.340 e. The van der Waals surface area contributed by atoms with E-state index in [1.165, 1.54) is 20.3 Å². The number of halogens is 1.